The van der Waals surface area contributed by atoms with Crippen LogP contribution in [0.2, 0.25) is 10.0 Å². The fourth-order valence-electron chi connectivity index (χ4n) is 3.45. The maximum atomic E-state index is 13.0. The van der Waals surface area contributed by atoms with E-state index in [1.54, 1.807) is 28.8 Å². The van der Waals surface area contributed by atoms with Gasteiger partial charge in [0.2, 0.25) is 0 Å². The van der Waals surface area contributed by atoms with Gasteiger partial charge in [-0.25, -0.2) is 9.50 Å². The number of amides is 1. The molecule has 2 aromatic heterocycles. The van der Waals surface area contributed by atoms with Crippen LogP contribution < -0.4 is 5.32 Å². The molecular weight excluding hydrogens is 443 g/mol. The second-order valence-electron chi connectivity index (χ2n) is 7.11. The summed E-state index contributed by atoms with van der Waals surface area (Å²) in [4.78, 5) is 17.7. The first-order chi connectivity index (χ1) is 15.6. The normalized spacial score (nSPS) is 10.9. The second-order valence-corrected chi connectivity index (χ2v) is 7.92. The first kappa shape index (κ1) is 20.2. The van der Waals surface area contributed by atoms with Crippen LogP contribution in [0.4, 0.5) is 5.69 Å². The van der Waals surface area contributed by atoms with Crippen molar-refractivity contribution in [3.63, 3.8) is 0 Å². The lowest BCUT2D eigenvalue weighted by atomic mass is 10.1. The Bertz CT molecular complexity index is 1410. The van der Waals surface area contributed by atoms with Crippen molar-refractivity contribution in [2.45, 2.75) is 0 Å². The highest BCUT2D eigenvalue weighted by molar-refractivity contribution is 6.40. The molecule has 7 heteroatoms. The Labute approximate surface area is 194 Å². The summed E-state index contributed by atoms with van der Waals surface area (Å²) in [7, 11) is 0. The van der Waals surface area contributed by atoms with Gasteiger partial charge in [0.25, 0.3) is 5.91 Å². The van der Waals surface area contributed by atoms with Crippen LogP contribution in [-0.2, 0) is 0 Å². The maximum Gasteiger partial charge on any atom is 0.276 e. The number of rotatable bonds is 4. The molecule has 1 amide bonds. The first-order valence-corrected chi connectivity index (χ1v) is 10.6. The molecule has 0 radical (unpaired) electrons. The van der Waals surface area contributed by atoms with Gasteiger partial charge in [-0.05, 0) is 18.2 Å². The summed E-state index contributed by atoms with van der Waals surface area (Å²) in [5.41, 5.74) is 4.65. The fraction of sp³-hybridized carbons (Fsp3) is 0. The topological polar surface area (TPSA) is 59.3 Å². The number of hydrogen-bond donors (Lipinski definition) is 1. The van der Waals surface area contributed by atoms with Crippen molar-refractivity contribution >= 4 is 40.4 Å². The minimum Gasteiger partial charge on any atom is -0.318 e. The predicted molar refractivity (Wildman–Crippen MR) is 128 cm³/mol. The van der Waals surface area contributed by atoms with Gasteiger partial charge in [0.15, 0.2) is 11.3 Å². The maximum absolute atomic E-state index is 13.0. The molecule has 1 N–H and O–H groups in total. The van der Waals surface area contributed by atoms with Crippen LogP contribution in [0.5, 0.6) is 0 Å². The molecule has 5 rings (SSSR count). The molecule has 0 atom stereocenters. The number of aromatic nitrogens is 3. The van der Waals surface area contributed by atoms with Gasteiger partial charge in [-0.15, -0.1) is 0 Å². The van der Waals surface area contributed by atoms with E-state index in [0.717, 1.165) is 22.5 Å². The van der Waals surface area contributed by atoms with Crippen LogP contribution in [0.3, 0.4) is 0 Å². The largest absolute Gasteiger partial charge is 0.318 e. The van der Waals surface area contributed by atoms with E-state index in [-0.39, 0.29) is 5.69 Å². The van der Waals surface area contributed by atoms with Crippen LogP contribution in [0, 0.1) is 0 Å². The molecule has 0 fully saturated rings. The number of nitrogens with zero attached hydrogens (tertiary/aromatic N) is 3. The van der Waals surface area contributed by atoms with Crippen LogP contribution in [0.25, 0.3) is 28.2 Å². The number of halogens is 2. The van der Waals surface area contributed by atoms with Crippen LogP contribution >= 0.6 is 23.2 Å². The Morgan fingerprint density at radius 2 is 1.41 bits per heavy atom. The van der Waals surface area contributed by atoms with Crippen LogP contribution in [0.15, 0.2) is 91.0 Å². The standard InChI is InChI=1S/C25H16Cl2N4O/c26-18-12-7-13-19(27)24(18)29-25(32)21-15-23-28-20(16-8-3-1-4-9-16)14-22(31(23)30-21)17-10-5-2-6-11-17/h1-15H,(H,29,32). The third-order valence-corrected chi connectivity index (χ3v) is 5.63. The van der Waals surface area contributed by atoms with Crippen LogP contribution in [-0.4, -0.2) is 20.5 Å². The minimum absolute atomic E-state index is 0.205. The van der Waals surface area contributed by atoms with Crippen molar-refractivity contribution in [3.8, 4) is 22.5 Å². The quantitative estimate of drug-likeness (QED) is 0.329. The van der Waals surface area contributed by atoms with Gasteiger partial charge in [-0.3, -0.25) is 4.79 Å². The third-order valence-electron chi connectivity index (χ3n) is 5.00. The Morgan fingerprint density at radius 3 is 2.06 bits per heavy atom. The predicted octanol–water partition coefficient (Wildman–Crippen LogP) is 6.62. The molecule has 2 heterocycles. The Kier molecular flexibility index (Phi) is 5.35. The average molecular weight is 459 g/mol. The van der Waals surface area contributed by atoms with Gasteiger partial charge < -0.3 is 5.32 Å². The number of carbonyl (C=O) groups is 1. The summed E-state index contributed by atoms with van der Waals surface area (Å²) in [6.45, 7) is 0. The zero-order chi connectivity index (χ0) is 22.1. The highest BCUT2D eigenvalue weighted by Crippen LogP contribution is 2.31. The molecule has 5 aromatic rings. The lowest BCUT2D eigenvalue weighted by Crippen LogP contribution is -2.13. The molecule has 0 unspecified atom stereocenters. The number of fused-ring (bicyclic) bond motifs is 1. The lowest BCUT2D eigenvalue weighted by Gasteiger charge is -2.09. The van der Waals surface area contributed by atoms with Gasteiger partial charge in [-0.2, -0.15) is 5.10 Å². The van der Waals surface area contributed by atoms with Gasteiger partial charge in [0.05, 0.1) is 27.1 Å². The highest BCUT2D eigenvalue weighted by atomic mass is 35.5. The van der Waals surface area contributed by atoms with E-state index in [4.69, 9.17) is 28.2 Å². The van der Waals surface area contributed by atoms with E-state index in [0.29, 0.717) is 21.4 Å². The first-order valence-electron chi connectivity index (χ1n) is 9.87. The Morgan fingerprint density at radius 1 is 0.781 bits per heavy atom. The molecule has 0 bridgehead atoms. The molecule has 0 aliphatic heterocycles. The minimum atomic E-state index is -0.425. The van der Waals surface area contributed by atoms with E-state index < -0.39 is 5.91 Å². The molecule has 0 aliphatic carbocycles. The van der Waals surface area contributed by atoms with E-state index in [2.05, 4.69) is 10.4 Å². The highest BCUT2D eigenvalue weighted by Gasteiger charge is 2.18. The van der Waals surface area contributed by atoms with Gasteiger partial charge in [0, 0.05) is 17.2 Å². The number of benzene rings is 3. The Balaban J connectivity index is 1.63. The summed E-state index contributed by atoms with van der Waals surface area (Å²) in [5.74, 6) is -0.425. The zero-order valence-corrected chi connectivity index (χ0v) is 18.2. The zero-order valence-electron chi connectivity index (χ0n) is 16.7. The number of nitrogens with one attached hydrogen (secondary N) is 1. The SMILES string of the molecule is O=C(Nc1c(Cl)cccc1Cl)c1cc2nc(-c3ccccc3)cc(-c3ccccc3)n2n1. The average Bonchev–Trinajstić information content (AvgIpc) is 3.26. The van der Waals surface area contributed by atoms with Crippen molar-refractivity contribution in [2.75, 3.05) is 5.32 Å². The molecule has 0 saturated heterocycles. The summed E-state index contributed by atoms with van der Waals surface area (Å²) >= 11 is 12.4. The molecule has 0 saturated carbocycles. The van der Waals surface area contributed by atoms with Gasteiger partial charge in [-0.1, -0.05) is 89.9 Å². The molecule has 0 spiro atoms. The van der Waals surface area contributed by atoms with Crippen molar-refractivity contribution in [2.24, 2.45) is 0 Å². The molecular formula is C25H16Cl2N4O. The Hall–Kier alpha value is -3.67. The van der Waals surface area contributed by atoms with Crippen molar-refractivity contribution in [1.82, 2.24) is 14.6 Å². The summed E-state index contributed by atoms with van der Waals surface area (Å²) in [6, 6.07) is 28.4. The van der Waals surface area contributed by atoms with E-state index in [9.17, 15) is 4.79 Å². The summed E-state index contributed by atoms with van der Waals surface area (Å²) in [6.07, 6.45) is 0. The second kappa shape index (κ2) is 8.46. The van der Waals surface area contributed by atoms with Gasteiger partial charge in [0.1, 0.15) is 0 Å². The van der Waals surface area contributed by atoms with E-state index in [1.165, 1.54) is 0 Å². The summed E-state index contributed by atoms with van der Waals surface area (Å²) in [5, 5.41) is 7.99. The number of anilines is 1. The van der Waals surface area contributed by atoms with Crippen molar-refractivity contribution < 1.29 is 4.79 Å². The van der Waals surface area contributed by atoms with E-state index >= 15 is 0 Å². The number of hydrogen-bond acceptors (Lipinski definition) is 3. The molecule has 0 aliphatic rings. The summed E-state index contributed by atoms with van der Waals surface area (Å²) < 4.78 is 1.67. The smallest absolute Gasteiger partial charge is 0.276 e. The molecule has 3 aromatic carbocycles. The van der Waals surface area contributed by atoms with Crippen molar-refractivity contribution in [3.05, 3.63) is 107 Å². The fourth-order valence-corrected chi connectivity index (χ4v) is 3.94. The monoisotopic (exact) mass is 458 g/mol. The lowest BCUT2D eigenvalue weighted by molar-refractivity contribution is 0.102. The van der Waals surface area contributed by atoms with Crippen molar-refractivity contribution in [1.29, 1.82) is 0 Å². The molecule has 32 heavy (non-hydrogen) atoms. The molecule has 5 nitrogen and oxygen atoms in total. The van der Waals surface area contributed by atoms with E-state index in [1.807, 2.05) is 66.7 Å². The van der Waals surface area contributed by atoms with Crippen LogP contribution in [0.1, 0.15) is 10.5 Å². The van der Waals surface area contributed by atoms with Gasteiger partial charge >= 0.3 is 0 Å². The molecule has 156 valence electrons. The number of para-hydroxylation sites is 1. The number of carbonyl (C=O) groups excluding carboxylic acids is 1. The third kappa shape index (κ3) is 3.84.